The van der Waals surface area contributed by atoms with Crippen molar-refractivity contribution in [1.29, 1.82) is 0 Å². The van der Waals surface area contributed by atoms with Crippen molar-refractivity contribution >= 4 is 28.8 Å². The molecule has 0 fully saturated rings. The number of ether oxygens (including phenoxy) is 3. The summed E-state index contributed by atoms with van der Waals surface area (Å²) in [5.41, 5.74) is 3.81. The molecular formula is C27H26N2O5. The topological polar surface area (TPSA) is 77.1 Å². The van der Waals surface area contributed by atoms with Crippen LogP contribution in [0.1, 0.15) is 16.7 Å². The number of hydrogen-bond donors (Lipinski definition) is 1. The van der Waals surface area contributed by atoms with Crippen LogP contribution in [0, 0.1) is 13.8 Å². The van der Waals surface area contributed by atoms with E-state index in [1.54, 1.807) is 43.5 Å². The van der Waals surface area contributed by atoms with Crippen molar-refractivity contribution in [3.8, 4) is 17.2 Å². The maximum atomic E-state index is 13.8. The lowest BCUT2D eigenvalue weighted by atomic mass is 10.0. The predicted octanol–water partition coefficient (Wildman–Crippen LogP) is 4.73. The molecule has 7 heteroatoms. The molecule has 174 valence electrons. The number of hydrogen-bond acceptors (Lipinski definition) is 6. The Morgan fingerprint density at radius 2 is 1.41 bits per heavy atom. The van der Waals surface area contributed by atoms with E-state index in [1.165, 1.54) is 19.1 Å². The van der Waals surface area contributed by atoms with Gasteiger partial charge >= 0.3 is 0 Å². The number of aryl methyl sites for hydroxylation is 2. The van der Waals surface area contributed by atoms with Crippen molar-refractivity contribution in [2.75, 3.05) is 31.5 Å². The molecule has 0 aromatic heterocycles. The number of carbonyl (C=O) groups excluding carboxylic acids is 2. The molecule has 2 amide bonds. The Kier molecular flexibility index (Phi) is 6.27. The van der Waals surface area contributed by atoms with Crippen LogP contribution in [0.25, 0.3) is 5.57 Å². The first-order chi connectivity index (χ1) is 16.4. The Morgan fingerprint density at radius 3 is 2.06 bits per heavy atom. The van der Waals surface area contributed by atoms with E-state index in [4.69, 9.17) is 14.2 Å². The molecule has 34 heavy (non-hydrogen) atoms. The zero-order valence-electron chi connectivity index (χ0n) is 19.8. The first kappa shape index (κ1) is 22.9. The van der Waals surface area contributed by atoms with E-state index < -0.39 is 11.8 Å². The lowest BCUT2D eigenvalue weighted by molar-refractivity contribution is -0.120. The minimum atomic E-state index is -0.464. The highest BCUT2D eigenvalue weighted by Crippen LogP contribution is 2.39. The molecule has 1 heterocycles. The predicted molar refractivity (Wildman–Crippen MR) is 131 cm³/mol. The second kappa shape index (κ2) is 9.31. The van der Waals surface area contributed by atoms with Crippen LogP contribution in [-0.4, -0.2) is 33.1 Å². The van der Waals surface area contributed by atoms with Crippen molar-refractivity contribution in [3.05, 3.63) is 83.1 Å². The number of para-hydroxylation sites is 1. The van der Waals surface area contributed by atoms with Crippen molar-refractivity contribution < 1.29 is 23.8 Å². The molecule has 1 N–H and O–H groups in total. The fraction of sp³-hybridized carbons (Fsp3) is 0.185. The molecule has 7 nitrogen and oxygen atoms in total. The van der Waals surface area contributed by atoms with Crippen LogP contribution in [0.2, 0.25) is 0 Å². The van der Waals surface area contributed by atoms with Gasteiger partial charge in [0.2, 0.25) is 0 Å². The van der Waals surface area contributed by atoms with E-state index in [-0.39, 0.29) is 11.3 Å². The monoisotopic (exact) mass is 458 g/mol. The highest BCUT2D eigenvalue weighted by Gasteiger charge is 2.41. The maximum absolute atomic E-state index is 13.8. The molecule has 0 aliphatic carbocycles. The van der Waals surface area contributed by atoms with Crippen LogP contribution in [0.5, 0.6) is 17.2 Å². The lowest BCUT2D eigenvalue weighted by Gasteiger charge is -2.17. The summed E-state index contributed by atoms with van der Waals surface area (Å²) >= 11 is 0. The van der Waals surface area contributed by atoms with Gasteiger partial charge in [0.25, 0.3) is 11.8 Å². The summed E-state index contributed by atoms with van der Waals surface area (Å²) in [7, 11) is 4.62. The number of nitrogens with zero attached hydrogens (tertiary/aromatic N) is 1. The summed E-state index contributed by atoms with van der Waals surface area (Å²) in [6.07, 6.45) is 0. The largest absolute Gasteiger partial charge is 0.497 e. The summed E-state index contributed by atoms with van der Waals surface area (Å²) in [6.45, 7) is 3.86. The molecule has 0 unspecified atom stereocenters. The molecule has 3 aromatic rings. The van der Waals surface area contributed by atoms with Crippen molar-refractivity contribution in [3.63, 3.8) is 0 Å². The fourth-order valence-electron chi connectivity index (χ4n) is 4.10. The molecule has 0 atom stereocenters. The van der Waals surface area contributed by atoms with Crippen LogP contribution < -0.4 is 24.4 Å². The first-order valence-electron chi connectivity index (χ1n) is 10.7. The molecule has 1 aliphatic rings. The van der Waals surface area contributed by atoms with E-state index in [0.717, 1.165) is 11.1 Å². The molecule has 3 aromatic carbocycles. The molecule has 0 bridgehead atoms. The van der Waals surface area contributed by atoms with Gasteiger partial charge in [-0.2, -0.15) is 0 Å². The SMILES string of the molecule is COc1ccc(NC2=C(c3ccccc3OC)C(=O)N(c3cc(C)cc(C)c3)C2=O)c(OC)c1. The van der Waals surface area contributed by atoms with Crippen LogP contribution in [0.15, 0.2) is 66.4 Å². The molecule has 0 spiro atoms. The van der Waals surface area contributed by atoms with E-state index in [1.807, 2.05) is 38.1 Å². The number of methoxy groups -OCH3 is 3. The third kappa shape index (κ3) is 4.08. The minimum Gasteiger partial charge on any atom is -0.497 e. The number of amides is 2. The summed E-state index contributed by atoms with van der Waals surface area (Å²) in [4.78, 5) is 28.7. The van der Waals surface area contributed by atoms with Gasteiger partial charge in [0.1, 0.15) is 22.9 Å². The van der Waals surface area contributed by atoms with Crippen LogP contribution in [-0.2, 0) is 9.59 Å². The zero-order valence-corrected chi connectivity index (χ0v) is 19.8. The van der Waals surface area contributed by atoms with Crippen molar-refractivity contribution in [2.45, 2.75) is 13.8 Å². The summed E-state index contributed by atoms with van der Waals surface area (Å²) in [5.74, 6) is 0.661. The van der Waals surface area contributed by atoms with Gasteiger partial charge < -0.3 is 19.5 Å². The van der Waals surface area contributed by atoms with E-state index in [2.05, 4.69) is 5.32 Å². The summed E-state index contributed by atoms with van der Waals surface area (Å²) in [5, 5.41) is 3.15. The molecule has 0 saturated heterocycles. The maximum Gasteiger partial charge on any atom is 0.282 e. The Labute approximate surface area is 198 Å². The second-order valence-electron chi connectivity index (χ2n) is 7.93. The van der Waals surface area contributed by atoms with Crippen LogP contribution >= 0.6 is 0 Å². The van der Waals surface area contributed by atoms with Crippen molar-refractivity contribution in [1.82, 2.24) is 0 Å². The average molecular weight is 459 g/mol. The standard InChI is InChI=1S/C27H26N2O5/c1-16-12-17(2)14-18(13-16)29-26(30)24(20-8-6-7-9-22(20)33-4)25(27(29)31)28-21-11-10-19(32-3)15-23(21)34-5/h6-15,28H,1-5H3. The van der Waals surface area contributed by atoms with Gasteiger partial charge in [-0.05, 0) is 55.3 Å². The third-order valence-corrected chi connectivity index (χ3v) is 5.59. The summed E-state index contributed by atoms with van der Waals surface area (Å²) < 4.78 is 16.3. The second-order valence-corrected chi connectivity index (χ2v) is 7.93. The first-order valence-corrected chi connectivity index (χ1v) is 10.7. The van der Waals surface area contributed by atoms with Crippen molar-refractivity contribution in [2.24, 2.45) is 0 Å². The van der Waals surface area contributed by atoms with Gasteiger partial charge in [-0.1, -0.05) is 24.3 Å². The smallest absolute Gasteiger partial charge is 0.282 e. The molecule has 4 rings (SSSR count). The van der Waals surface area contributed by atoms with E-state index in [0.29, 0.717) is 34.2 Å². The number of anilines is 2. The van der Waals surface area contributed by atoms with Gasteiger partial charge in [0.15, 0.2) is 0 Å². The number of imide groups is 1. The molecule has 0 radical (unpaired) electrons. The summed E-state index contributed by atoms with van der Waals surface area (Å²) in [6, 6.07) is 17.9. The Balaban J connectivity index is 1.89. The Morgan fingerprint density at radius 1 is 0.735 bits per heavy atom. The minimum absolute atomic E-state index is 0.136. The van der Waals surface area contributed by atoms with E-state index in [9.17, 15) is 9.59 Å². The number of carbonyl (C=O) groups is 2. The molecular weight excluding hydrogens is 432 g/mol. The Hall–Kier alpha value is -4.26. The fourth-order valence-corrected chi connectivity index (χ4v) is 4.10. The van der Waals surface area contributed by atoms with Gasteiger partial charge in [-0.25, -0.2) is 4.90 Å². The van der Waals surface area contributed by atoms with Gasteiger partial charge in [0, 0.05) is 11.6 Å². The molecule has 0 saturated carbocycles. The van der Waals surface area contributed by atoms with E-state index >= 15 is 0 Å². The quantitative estimate of drug-likeness (QED) is 0.516. The zero-order chi connectivity index (χ0) is 24.4. The lowest BCUT2D eigenvalue weighted by Crippen LogP contribution is -2.32. The van der Waals surface area contributed by atoms with Gasteiger partial charge in [-0.15, -0.1) is 0 Å². The van der Waals surface area contributed by atoms with Gasteiger partial charge in [-0.3, -0.25) is 9.59 Å². The highest BCUT2D eigenvalue weighted by molar-refractivity contribution is 6.46. The van der Waals surface area contributed by atoms with Crippen LogP contribution in [0.4, 0.5) is 11.4 Å². The van der Waals surface area contributed by atoms with Gasteiger partial charge in [0.05, 0.1) is 38.3 Å². The number of nitrogens with one attached hydrogen (secondary N) is 1. The number of rotatable bonds is 7. The Bertz CT molecular complexity index is 1290. The molecule has 1 aliphatic heterocycles. The third-order valence-electron chi connectivity index (χ3n) is 5.59. The highest BCUT2D eigenvalue weighted by atomic mass is 16.5. The number of benzene rings is 3. The average Bonchev–Trinajstić information content (AvgIpc) is 3.07. The normalized spacial score (nSPS) is 13.4. The van der Waals surface area contributed by atoms with Crippen LogP contribution in [0.3, 0.4) is 0 Å².